The Bertz CT molecular complexity index is 870. The second-order valence-corrected chi connectivity index (χ2v) is 7.60. The lowest BCUT2D eigenvalue weighted by molar-refractivity contribution is -0.149. The van der Waals surface area contributed by atoms with Crippen molar-refractivity contribution in [2.45, 2.75) is 19.4 Å². The van der Waals surface area contributed by atoms with Crippen molar-refractivity contribution in [2.24, 2.45) is 0 Å². The standard InChI is InChI=1S/C19H21N3O5S/c1-2-26-19(25)17-14(23)12-16-13(5-11-28-16)22(17)21-8-6-20(7-9-21)18(24)15-4-3-10-27-15/h3-5,10-11,17H,2,6-9,12H2,1H3. The molecule has 28 heavy (non-hydrogen) atoms. The van der Waals surface area contributed by atoms with E-state index in [1.807, 2.05) is 16.5 Å². The third kappa shape index (κ3) is 3.31. The lowest BCUT2D eigenvalue weighted by atomic mass is 10.0. The van der Waals surface area contributed by atoms with Crippen molar-refractivity contribution in [2.75, 3.05) is 37.8 Å². The molecule has 0 bridgehead atoms. The Morgan fingerprint density at radius 2 is 2.04 bits per heavy atom. The Balaban J connectivity index is 1.54. The highest BCUT2D eigenvalue weighted by molar-refractivity contribution is 7.10. The van der Waals surface area contributed by atoms with Crippen LogP contribution < -0.4 is 5.01 Å². The molecule has 0 N–H and O–H groups in total. The van der Waals surface area contributed by atoms with E-state index >= 15 is 0 Å². The zero-order valence-electron chi connectivity index (χ0n) is 15.5. The number of furan rings is 1. The Kier molecular flexibility index (Phi) is 5.19. The number of amides is 1. The highest BCUT2D eigenvalue weighted by atomic mass is 32.1. The topological polar surface area (TPSA) is 83.3 Å². The molecule has 1 saturated heterocycles. The molecule has 2 aromatic heterocycles. The number of thiophene rings is 1. The fourth-order valence-electron chi connectivity index (χ4n) is 3.64. The number of ketones is 1. The Morgan fingerprint density at radius 3 is 2.71 bits per heavy atom. The summed E-state index contributed by atoms with van der Waals surface area (Å²) in [6, 6.07) is 4.28. The van der Waals surface area contributed by atoms with E-state index in [2.05, 4.69) is 0 Å². The van der Waals surface area contributed by atoms with Crippen LogP contribution in [-0.2, 0) is 20.7 Å². The second-order valence-electron chi connectivity index (χ2n) is 6.59. The first-order valence-corrected chi connectivity index (χ1v) is 10.1. The number of rotatable bonds is 4. The molecule has 8 nitrogen and oxygen atoms in total. The maximum Gasteiger partial charge on any atom is 0.338 e. The molecule has 1 fully saturated rings. The van der Waals surface area contributed by atoms with Crippen LogP contribution in [-0.4, -0.2) is 66.4 Å². The number of anilines is 1. The van der Waals surface area contributed by atoms with Crippen LogP contribution in [0.4, 0.5) is 5.69 Å². The second kappa shape index (κ2) is 7.76. The number of hydrogen-bond acceptors (Lipinski definition) is 8. The highest BCUT2D eigenvalue weighted by Gasteiger charge is 2.43. The van der Waals surface area contributed by atoms with E-state index in [9.17, 15) is 14.4 Å². The van der Waals surface area contributed by atoms with Crippen LogP contribution in [0.15, 0.2) is 34.3 Å². The Morgan fingerprint density at radius 1 is 1.25 bits per heavy atom. The number of carbonyl (C=O) groups excluding carboxylic acids is 3. The summed E-state index contributed by atoms with van der Waals surface area (Å²) in [4.78, 5) is 40.4. The molecule has 0 spiro atoms. The fraction of sp³-hybridized carbons (Fsp3) is 0.421. The first-order chi connectivity index (χ1) is 13.6. The third-order valence-corrected chi connectivity index (χ3v) is 5.85. The van der Waals surface area contributed by atoms with Crippen molar-refractivity contribution in [3.8, 4) is 0 Å². The van der Waals surface area contributed by atoms with Crippen molar-refractivity contribution in [1.29, 1.82) is 0 Å². The maximum atomic E-state index is 12.7. The van der Waals surface area contributed by atoms with Gasteiger partial charge in [-0.1, -0.05) is 0 Å². The molecule has 1 amide bonds. The van der Waals surface area contributed by atoms with E-state index in [1.165, 1.54) is 17.6 Å². The van der Waals surface area contributed by atoms with Gasteiger partial charge in [-0.05, 0) is 30.5 Å². The summed E-state index contributed by atoms with van der Waals surface area (Å²) in [7, 11) is 0. The summed E-state index contributed by atoms with van der Waals surface area (Å²) >= 11 is 1.51. The van der Waals surface area contributed by atoms with Crippen molar-refractivity contribution in [3.63, 3.8) is 0 Å². The molecule has 0 radical (unpaired) electrons. The van der Waals surface area contributed by atoms with Gasteiger partial charge in [0.05, 0.1) is 18.6 Å². The summed E-state index contributed by atoms with van der Waals surface area (Å²) in [6.45, 7) is 3.90. The molecule has 0 aliphatic carbocycles. The lowest BCUT2D eigenvalue weighted by Crippen LogP contribution is -2.63. The highest BCUT2D eigenvalue weighted by Crippen LogP contribution is 2.35. The number of carbonyl (C=O) groups is 3. The van der Waals surface area contributed by atoms with Gasteiger partial charge in [-0.3, -0.25) is 14.6 Å². The number of Topliss-reactive ketones (excluding diaryl/α,β-unsaturated/α-hetero) is 1. The van der Waals surface area contributed by atoms with Crippen molar-refractivity contribution in [3.05, 3.63) is 40.5 Å². The van der Waals surface area contributed by atoms with Gasteiger partial charge in [-0.25, -0.2) is 9.80 Å². The van der Waals surface area contributed by atoms with Gasteiger partial charge in [0.15, 0.2) is 11.5 Å². The van der Waals surface area contributed by atoms with E-state index in [4.69, 9.17) is 9.15 Å². The minimum absolute atomic E-state index is 0.155. The largest absolute Gasteiger partial charge is 0.464 e. The van der Waals surface area contributed by atoms with Crippen molar-refractivity contribution < 1.29 is 23.5 Å². The third-order valence-electron chi connectivity index (χ3n) is 4.94. The van der Waals surface area contributed by atoms with Crippen LogP contribution in [0.1, 0.15) is 22.4 Å². The van der Waals surface area contributed by atoms with E-state index in [1.54, 1.807) is 29.0 Å². The van der Waals surface area contributed by atoms with E-state index in [0.29, 0.717) is 31.9 Å². The average molecular weight is 403 g/mol. The molecule has 148 valence electrons. The fourth-order valence-corrected chi connectivity index (χ4v) is 4.51. The van der Waals surface area contributed by atoms with Gasteiger partial charge in [-0.15, -0.1) is 11.3 Å². The molecular formula is C19H21N3O5S. The van der Waals surface area contributed by atoms with E-state index < -0.39 is 12.0 Å². The van der Waals surface area contributed by atoms with Gasteiger partial charge in [-0.2, -0.15) is 0 Å². The molecule has 4 rings (SSSR count). The number of hydrogen-bond donors (Lipinski definition) is 0. The van der Waals surface area contributed by atoms with Crippen LogP contribution in [0.3, 0.4) is 0 Å². The van der Waals surface area contributed by atoms with Crippen LogP contribution >= 0.6 is 11.3 Å². The summed E-state index contributed by atoms with van der Waals surface area (Å²) in [6.07, 6.45) is 1.72. The molecule has 2 aliphatic rings. The van der Waals surface area contributed by atoms with Gasteiger partial charge in [0.1, 0.15) is 0 Å². The molecule has 4 heterocycles. The smallest absolute Gasteiger partial charge is 0.338 e. The number of fused-ring (bicyclic) bond motifs is 1. The SMILES string of the molecule is CCOC(=O)C1C(=O)Cc2sccc2N1N1CCN(C(=O)c2ccco2)CC1. The molecular weight excluding hydrogens is 382 g/mol. The maximum absolute atomic E-state index is 12.7. The molecule has 1 unspecified atom stereocenters. The number of nitrogens with zero attached hydrogens (tertiary/aromatic N) is 3. The normalized spacial score (nSPS) is 20.2. The van der Waals surface area contributed by atoms with Crippen molar-refractivity contribution in [1.82, 2.24) is 9.91 Å². The van der Waals surface area contributed by atoms with Gasteiger partial charge in [0, 0.05) is 37.5 Å². The van der Waals surface area contributed by atoms with Crippen LogP contribution in [0, 0.1) is 0 Å². The van der Waals surface area contributed by atoms with E-state index in [0.717, 1.165) is 10.6 Å². The minimum Gasteiger partial charge on any atom is -0.464 e. The number of esters is 1. The van der Waals surface area contributed by atoms with Crippen LogP contribution in [0.25, 0.3) is 0 Å². The first-order valence-electron chi connectivity index (χ1n) is 9.22. The number of ether oxygens (including phenoxy) is 1. The number of hydrazine groups is 1. The first kappa shape index (κ1) is 18.7. The Labute approximate surface area is 166 Å². The van der Waals surface area contributed by atoms with Gasteiger partial charge >= 0.3 is 5.97 Å². The zero-order chi connectivity index (χ0) is 19.7. The van der Waals surface area contributed by atoms with Gasteiger partial charge in [0.25, 0.3) is 5.91 Å². The predicted octanol–water partition coefficient (Wildman–Crippen LogP) is 1.58. The quantitative estimate of drug-likeness (QED) is 0.566. The summed E-state index contributed by atoms with van der Waals surface area (Å²) < 4.78 is 10.4. The molecule has 0 aromatic carbocycles. The van der Waals surface area contributed by atoms with Crippen LogP contribution in [0.2, 0.25) is 0 Å². The monoisotopic (exact) mass is 403 g/mol. The molecule has 2 aliphatic heterocycles. The van der Waals surface area contributed by atoms with Gasteiger partial charge in [0.2, 0.25) is 6.04 Å². The van der Waals surface area contributed by atoms with Crippen molar-refractivity contribution >= 4 is 34.7 Å². The van der Waals surface area contributed by atoms with E-state index in [-0.39, 0.29) is 24.7 Å². The van der Waals surface area contributed by atoms with Crippen LogP contribution in [0.5, 0.6) is 0 Å². The average Bonchev–Trinajstić information content (AvgIpc) is 3.38. The summed E-state index contributed by atoms with van der Waals surface area (Å²) in [5.41, 5.74) is 0.869. The minimum atomic E-state index is -0.977. The van der Waals surface area contributed by atoms with Gasteiger partial charge < -0.3 is 14.1 Å². The number of piperazine rings is 1. The molecule has 1 atom stereocenters. The Hall–Kier alpha value is -2.65. The zero-order valence-corrected chi connectivity index (χ0v) is 16.3. The summed E-state index contributed by atoms with van der Waals surface area (Å²) in [5, 5.41) is 5.66. The predicted molar refractivity (Wildman–Crippen MR) is 102 cm³/mol. The molecule has 2 aromatic rings. The molecule has 0 saturated carbocycles. The summed E-state index contributed by atoms with van der Waals surface area (Å²) in [5.74, 6) is -0.537. The molecule has 9 heteroatoms. The lowest BCUT2D eigenvalue weighted by Gasteiger charge is -2.45.